The van der Waals surface area contributed by atoms with E-state index in [-0.39, 0.29) is 5.91 Å². The SMILES string of the molecule is CC(C)CNC(=O)CCNc1nnc(CCN)o1. The molecule has 102 valence electrons. The zero-order valence-electron chi connectivity index (χ0n) is 10.9. The minimum atomic E-state index is 0.0119. The van der Waals surface area contributed by atoms with Gasteiger partial charge >= 0.3 is 6.01 Å². The highest BCUT2D eigenvalue weighted by Crippen LogP contribution is 2.05. The highest BCUT2D eigenvalue weighted by atomic mass is 16.4. The van der Waals surface area contributed by atoms with Crippen molar-refractivity contribution in [3.05, 3.63) is 5.89 Å². The van der Waals surface area contributed by atoms with Gasteiger partial charge in [0.1, 0.15) is 0 Å². The molecule has 0 spiro atoms. The van der Waals surface area contributed by atoms with E-state index >= 15 is 0 Å². The van der Waals surface area contributed by atoms with Crippen LogP contribution in [0.2, 0.25) is 0 Å². The predicted octanol–water partition coefficient (Wildman–Crippen LogP) is 0.145. The van der Waals surface area contributed by atoms with Gasteiger partial charge in [-0.3, -0.25) is 4.79 Å². The van der Waals surface area contributed by atoms with Crippen molar-refractivity contribution in [1.29, 1.82) is 0 Å². The Balaban J connectivity index is 2.18. The number of hydrogen-bond donors (Lipinski definition) is 3. The van der Waals surface area contributed by atoms with E-state index in [1.165, 1.54) is 0 Å². The van der Waals surface area contributed by atoms with Crippen molar-refractivity contribution in [1.82, 2.24) is 15.5 Å². The Bertz CT molecular complexity index is 364. The van der Waals surface area contributed by atoms with Crippen LogP contribution in [-0.2, 0) is 11.2 Å². The van der Waals surface area contributed by atoms with Gasteiger partial charge < -0.3 is 20.8 Å². The van der Waals surface area contributed by atoms with Crippen molar-refractivity contribution in [2.45, 2.75) is 26.7 Å². The second kappa shape index (κ2) is 7.65. The van der Waals surface area contributed by atoms with Gasteiger partial charge in [-0.25, -0.2) is 0 Å². The maximum Gasteiger partial charge on any atom is 0.315 e. The Kier molecular flexibility index (Phi) is 6.13. The Hall–Kier alpha value is -1.63. The lowest BCUT2D eigenvalue weighted by Crippen LogP contribution is -2.28. The first-order chi connectivity index (χ1) is 8.61. The molecule has 1 rings (SSSR count). The van der Waals surface area contributed by atoms with Crippen LogP contribution < -0.4 is 16.4 Å². The van der Waals surface area contributed by atoms with Crippen LogP contribution in [0, 0.1) is 5.92 Å². The molecule has 1 aromatic rings. The van der Waals surface area contributed by atoms with Gasteiger partial charge in [0.05, 0.1) is 0 Å². The predicted molar refractivity (Wildman–Crippen MR) is 68.0 cm³/mol. The summed E-state index contributed by atoms with van der Waals surface area (Å²) >= 11 is 0. The van der Waals surface area contributed by atoms with Gasteiger partial charge in [0.25, 0.3) is 0 Å². The summed E-state index contributed by atoms with van der Waals surface area (Å²) in [5, 5.41) is 13.3. The zero-order chi connectivity index (χ0) is 13.4. The van der Waals surface area contributed by atoms with Crippen LogP contribution in [0.15, 0.2) is 4.42 Å². The third kappa shape index (κ3) is 5.62. The molecular formula is C11H21N5O2. The van der Waals surface area contributed by atoms with Gasteiger partial charge in [-0.1, -0.05) is 18.9 Å². The van der Waals surface area contributed by atoms with Crippen molar-refractivity contribution in [2.24, 2.45) is 11.7 Å². The monoisotopic (exact) mass is 255 g/mol. The summed E-state index contributed by atoms with van der Waals surface area (Å²) < 4.78 is 5.26. The first-order valence-electron chi connectivity index (χ1n) is 6.14. The lowest BCUT2D eigenvalue weighted by atomic mass is 10.2. The fourth-order valence-corrected chi connectivity index (χ4v) is 1.24. The summed E-state index contributed by atoms with van der Waals surface area (Å²) in [5.74, 6) is 0.971. The molecule has 0 fully saturated rings. The van der Waals surface area contributed by atoms with Crippen molar-refractivity contribution >= 4 is 11.9 Å². The Morgan fingerprint density at radius 2 is 2.22 bits per heavy atom. The molecule has 1 heterocycles. The maximum absolute atomic E-state index is 11.4. The number of aromatic nitrogens is 2. The van der Waals surface area contributed by atoms with Crippen molar-refractivity contribution < 1.29 is 9.21 Å². The molecule has 0 aliphatic rings. The molecule has 7 nitrogen and oxygen atoms in total. The van der Waals surface area contributed by atoms with Gasteiger partial charge in [-0.15, -0.1) is 5.10 Å². The van der Waals surface area contributed by atoms with E-state index in [4.69, 9.17) is 10.2 Å². The molecule has 0 unspecified atom stereocenters. The number of carbonyl (C=O) groups excluding carboxylic acids is 1. The summed E-state index contributed by atoms with van der Waals surface area (Å²) in [4.78, 5) is 11.4. The van der Waals surface area contributed by atoms with Gasteiger partial charge in [0.15, 0.2) is 0 Å². The first-order valence-corrected chi connectivity index (χ1v) is 6.14. The lowest BCUT2D eigenvalue weighted by molar-refractivity contribution is -0.120. The molecule has 0 radical (unpaired) electrons. The number of nitrogens with zero attached hydrogens (tertiary/aromatic N) is 2. The summed E-state index contributed by atoms with van der Waals surface area (Å²) in [6.45, 7) is 5.74. The fraction of sp³-hybridized carbons (Fsp3) is 0.727. The minimum absolute atomic E-state index is 0.0119. The average Bonchev–Trinajstić information content (AvgIpc) is 2.75. The van der Waals surface area contributed by atoms with Gasteiger partial charge in [0.2, 0.25) is 11.8 Å². The van der Waals surface area contributed by atoms with Gasteiger partial charge in [0, 0.05) is 32.5 Å². The highest BCUT2D eigenvalue weighted by Gasteiger charge is 2.06. The molecule has 0 atom stereocenters. The molecule has 7 heteroatoms. The van der Waals surface area contributed by atoms with Crippen molar-refractivity contribution in [2.75, 3.05) is 25.0 Å². The van der Waals surface area contributed by atoms with Crippen LogP contribution in [0.1, 0.15) is 26.2 Å². The third-order valence-corrected chi connectivity index (χ3v) is 2.16. The van der Waals surface area contributed by atoms with Crippen molar-refractivity contribution in [3.63, 3.8) is 0 Å². The first kappa shape index (κ1) is 14.4. The number of anilines is 1. The summed E-state index contributed by atoms with van der Waals surface area (Å²) in [6.07, 6.45) is 0.935. The molecule has 18 heavy (non-hydrogen) atoms. The van der Waals surface area contributed by atoms with E-state index in [1.807, 2.05) is 0 Å². The summed E-state index contributed by atoms with van der Waals surface area (Å²) in [5.41, 5.74) is 5.37. The molecule has 0 saturated heterocycles. The topological polar surface area (TPSA) is 106 Å². The van der Waals surface area contributed by atoms with E-state index in [0.717, 1.165) is 0 Å². The number of rotatable bonds is 8. The fourth-order valence-electron chi connectivity index (χ4n) is 1.24. The number of nitrogens with one attached hydrogen (secondary N) is 2. The molecule has 0 aliphatic carbocycles. The van der Waals surface area contributed by atoms with Crippen LogP contribution >= 0.6 is 0 Å². The normalized spacial score (nSPS) is 10.7. The standard InChI is InChI=1S/C11H21N5O2/c1-8(2)7-14-9(17)4-6-13-11-16-15-10(18-11)3-5-12/h8H,3-7,12H2,1-2H3,(H,13,16)(H,14,17). The number of hydrogen-bond acceptors (Lipinski definition) is 6. The Morgan fingerprint density at radius 1 is 1.44 bits per heavy atom. The second-order valence-corrected chi connectivity index (χ2v) is 4.41. The summed E-state index contributed by atoms with van der Waals surface area (Å²) in [7, 11) is 0. The van der Waals surface area contributed by atoms with E-state index in [1.54, 1.807) is 0 Å². The molecule has 0 aromatic carbocycles. The van der Waals surface area contributed by atoms with E-state index in [0.29, 0.717) is 50.3 Å². The molecule has 0 bridgehead atoms. The molecule has 1 amide bonds. The zero-order valence-corrected chi connectivity index (χ0v) is 10.9. The van der Waals surface area contributed by atoms with Crippen LogP contribution in [0.3, 0.4) is 0 Å². The molecule has 4 N–H and O–H groups in total. The number of amides is 1. The van der Waals surface area contributed by atoms with Crippen LogP contribution in [-0.4, -0.2) is 35.7 Å². The maximum atomic E-state index is 11.4. The second-order valence-electron chi connectivity index (χ2n) is 4.41. The van der Waals surface area contributed by atoms with E-state index < -0.39 is 0 Å². The Labute approximate surface area is 107 Å². The summed E-state index contributed by atoms with van der Waals surface area (Å²) in [6, 6.07) is 0.329. The lowest BCUT2D eigenvalue weighted by Gasteiger charge is -2.07. The minimum Gasteiger partial charge on any atom is -0.408 e. The molecule has 1 aromatic heterocycles. The Morgan fingerprint density at radius 3 is 2.89 bits per heavy atom. The van der Waals surface area contributed by atoms with Gasteiger partial charge in [-0.2, -0.15) is 0 Å². The highest BCUT2D eigenvalue weighted by molar-refractivity contribution is 5.76. The molecule has 0 aliphatic heterocycles. The molecule has 0 saturated carbocycles. The average molecular weight is 255 g/mol. The number of nitrogens with two attached hydrogens (primary N) is 1. The van der Waals surface area contributed by atoms with Crippen LogP contribution in [0.5, 0.6) is 0 Å². The van der Waals surface area contributed by atoms with Gasteiger partial charge in [-0.05, 0) is 5.92 Å². The quantitative estimate of drug-likeness (QED) is 0.610. The van der Waals surface area contributed by atoms with Crippen LogP contribution in [0.25, 0.3) is 0 Å². The van der Waals surface area contributed by atoms with Crippen molar-refractivity contribution in [3.8, 4) is 0 Å². The third-order valence-electron chi connectivity index (χ3n) is 2.16. The van der Waals surface area contributed by atoms with E-state index in [2.05, 4.69) is 34.7 Å². The van der Waals surface area contributed by atoms with E-state index in [9.17, 15) is 4.79 Å². The smallest absolute Gasteiger partial charge is 0.315 e. The van der Waals surface area contributed by atoms with Crippen LogP contribution in [0.4, 0.5) is 6.01 Å². The largest absolute Gasteiger partial charge is 0.408 e. The molecular weight excluding hydrogens is 234 g/mol. The number of carbonyl (C=O) groups is 1.